The first-order chi connectivity index (χ1) is 15.6. The van der Waals surface area contributed by atoms with Crippen molar-refractivity contribution in [3.63, 3.8) is 0 Å². The minimum atomic E-state index is -0.324. The van der Waals surface area contributed by atoms with E-state index < -0.39 is 0 Å². The molecule has 0 unspecified atom stereocenters. The van der Waals surface area contributed by atoms with Crippen molar-refractivity contribution < 1.29 is 14.3 Å². The number of halogens is 1. The van der Waals surface area contributed by atoms with Crippen LogP contribution in [0.15, 0.2) is 91.0 Å². The van der Waals surface area contributed by atoms with Gasteiger partial charge in [0.1, 0.15) is 11.6 Å². The average molecular weight is 426 g/mol. The summed E-state index contributed by atoms with van der Waals surface area (Å²) in [5.74, 6) is -0.203. The summed E-state index contributed by atoms with van der Waals surface area (Å²) in [7, 11) is 0. The molecule has 0 spiro atoms. The monoisotopic (exact) mass is 425 g/mol. The van der Waals surface area contributed by atoms with Gasteiger partial charge in [-0.05, 0) is 77.9 Å². The standard InChI is InChI=1S/C28H24FNO2/c29-22-13-15-23(16-14-22)30-27(21-11-17-24(31)18-12-21)26(28(30)32)8-4-6-20-10-9-19-5-2-1-3-7-25(19)20/h1-3,5,7,9-18,26-27,31H,4,6,8H2/t26-,27-/m1/s1. The summed E-state index contributed by atoms with van der Waals surface area (Å²) in [4.78, 5) is 14.9. The molecule has 2 aliphatic carbocycles. The van der Waals surface area contributed by atoms with E-state index in [0.717, 1.165) is 24.8 Å². The molecule has 1 amide bonds. The van der Waals surface area contributed by atoms with Gasteiger partial charge in [0.15, 0.2) is 0 Å². The van der Waals surface area contributed by atoms with Gasteiger partial charge in [0.2, 0.25) is 5.91 Å². The number of aromatic hydroxyl groups is 1. The molecule has 1 fully saturated rings. The van der Waals surface area contributed by atoms with E-state index in [0.29, 0.717) is 5.69 Å². The van der Waals surface area contributed by atoms with Gasteiger partial charge in [0.25, 0.3) is 0 Å². The Labute approximate surface area is 187 Å². The maximum absolute atomic E-state index is 13.4. The number of anilines is 1. The van der Waals surface area contributed by atoms with Crippen LogP contribution in [-0.4, -0.2) is 11.0 Å². The molecule has 0 saturated carbocycles. The normalized spacial score (nSPS) is 18.0. The van der Waals surface area contributed by atoms with Crippen molar-refractivity contribution in [1.29, 1.82) is 0 Å². The molecule has 5 rings (SSSR count). The maximum atomic E-state index is 13.4. The fraction of sp³-hybridized carbons (Fsp3) is 0.179. The van der Waals surface area contributed by atoms with E-state index in [1.807, 2.05) is 24.3 Å². The molecule has 160 valence electrons. The van der Waals surface area contributed by atoms with Crippen molar-refractivity contribution in [2.75, 3.05) is 4.90 Å². The number of β-lactam (4-membered cyclic amide) rings is 1. The van der Waals surface area contributed by atoms with E-state index in [4.69, 9.17) is 0 Å². The minimum absolute atomic E-state index is 0.0634. The SMILES string of the molecule is O=C1[C@H](CCCc2ccc3cccccc2-3)[C@@H](c2ccc(O)cc2)N1c1ccc(F)cc1. The number of phenolic OH excluding ortho intramolecular Hbond substituents is 1. The molecule has 1 aliphatic heterocycles. The molecule has 32 heavy (non-hydrogen) atoms. The van der Waals surface area contributed by atoms with Crippen molar-refractivity contribution >= 4 is 11.6 Å². The average Bonchev–Trinajstić information content (AvgIpc) is 3.02. The molecule has 2 atom stereocenters. The summed E-state index contributed by atoms with van der Waals surface area (Å²) in [5.41, 5.74) is 5.47. The third-order valence-corrected chi connectivity index (χ3v) is 6.40. The molecule has 4 heteroatoms. The first kappa shape index (κ1) is 20.3. The Kier molecular flexibility index (Phi) is 5.36. The van der Waals surface area contributed by atoms with Crippen molar-refractivity contribution in [2.24, 2.45) is 5.92 Å². The second-order valence-corrected chi connectivity index (χ2v) is 8.36. The number of rotatable bonds is 6. The summed E-state index contributed by atoms with van der Waals surface area (Å²) in [6, 6.07) is 27.7. The molecule has 3 aliphatic rings. The molecule has 1 heterocycles. The van der Waals surface area contributed by atoms with Gasteiger partial charge in [0, 0.05) is 5.69 Å². The van der Waals surface area contributed by atoms with Crippen molar-refractivity contribution in [2.45, 2.75) is 25.3 Å². The first-order valence-corrected chi connectivity index (χ1v) is 11.0. The number of carbonyl (C=O) groups is 1. The molecule has 1 N–H and O–H groups in total. The molecular weight excluding hydrogens is 401 g/mol. The lowest BCUT2D eigenvalue weighted by Gasteiger charge is -2.47. The van der Waals surface area contributed by atoms with Crippen LogP contribution in [0.5, 0.6) is 5.75 Å². The van der Waals surface area contributed by atoms with Crippen LogP contribution < -0.4 is 4.90 Å². The van der Waals surface area contributed by atoms with E-state index >= 15 is 0 Å². The second-order valence-electron chi connectivity index (χ2n) is 8.36. The van der Waals surface area contributed by atoms with Crippen molar-refractivity contribution in [3.8, 4) is 16.9 Å². The molecule has 0 bridgehead atoms. The number of nitrogens with zero attached hydrogens (tertiary/aromatic N) is 1. The zero-order chi connectivity index (χ0) is 22.1. The highest BCUT2D eigenvalue weighted by Crippen LogP contribution is 2.46. The zero-order valence-corrected chi connectivity index (χ0v) is 17.6. The number of benzene rings is 2. The van der Waals surface area contributed by atoms with Crippen LogP contribution in [0.25, 0.3) is 11.1 Å². The number of hydrogen-bond acceptors (Lipinski definition) is 2. The Morgan fingerprint density at radius 1 is 0.844 bits per heavy atom. The van der Waals surface area contributed by atoms with E-state index in [9.17, 15) is 14.3 Å². The smallest absolute Gasteiger partial charge is 0.233 e. The van der Waals surface area contributed by atoms with Gasteiger partial charge in [-0.2, -0.15) is 0 Å². The predicted octanol–water partition coefficient (Wildman–Crippen LogP) is 6.36. The number of amides is 1. The number of fused-ring (bicyclic) bond motifs is 1. The Morgan fingerprint density at radius 3 is 2.38 bits per heavy atom. The van der Waals surface area contributed by atoms with Crippen LogP contribution in [0.2, 0.25) is 0 Å². The van der Waals surface area contributed by atoms with Crippen molar-refractivity contribution in [3.05, 3.63) is 108 Å². The van der Waals surface area contributed by atoms with Gasteiger partial charge in [-0.3, -0.25) is 4.79 Å². The van der Waals surface area contributed by atoms with Crippen molar-refractivity contribution in [1.82, 2.24) is 0 Å². The highest BCUT2D eigenvalue weighted by molar-refractivity contribution is 6.03. The van der Waals surface area contributed by atoms with Gasteiger partial charge >= 0.3 is 0 Å². The molecule has 3 nitrogen and oxygen atoms in total. The highest BCUT2D eigenvalue weighted by Gasteiger charge is 2.48. The fourth-order valence-corrected chi connectivity index (χ4v) is 4.78. The summed E-state index contributed by atoms with van der Waals surface area (Å²) in [6.45, 7) is 0. The van der Waals surface area contributed by atoms with Crippen LogP contribution in [-0.2, 0) is 11.2 Å². The third kappa shape index (κ3) is 3.73. The van der Waals surface area contributed by atoms with Gasteiger partial charge < -0.3 is 10.0 Å². The Morgan fingerprint density at radius 2 is 1.59 bits per heavy atom. The molecule has 1 saturated heterocycles. The lowest BCUT2D eigenvalue weighted by molar-refractivity contribution is -0.130. The van der Waals surface area contributed by atoms with Crippen LogP contribution in [0, 0.1) is 11.7 Å². The van der Waals surface area contributed by atoms with E-state index in [-0.39, 0.29) is 29.4 Å². The molecule has 2 aromatic carbocycles. The highest BCUT2D eigenvalue weighted by atomic mass is 19.1. The maximum Gasteiger partial charge on any atom is 0.233 e. The first-order valence-electron chi connectivity index (χ1n) is 11.0. The number of carbonyl (C=O) groups excluding carboxylic acids is 1. The summed E-state index contributed by atoms with van der Waals surface area (Å²) >= 11 is 0. The predicted molar refractivity (Wildman–Crippen MR) is 124 cm³/mol. The fourth-order valence-electron chi connectivity index (χ4n) is 4.78. The largest absolute Gasteiger partial charge is 0.508 e. The van der Waals surface area contributed by atoms with Gasteiger partial charge in [-0.15, -0.1) is 0 Å². The van der Waals surface area contributed by atoms with Gasteiger partial charge in [-0.25, -0.2) is 4.39 Å². The minimum Gasteiger partial charge on any atom is -0.508 e. The lowest BCUT2D eigenvalue weighted by atomic mass is 9.78. The van der Waals surface area contributed by atoms with E-state index in [1.54, 1.807) is 29.2 Å². The Bertz CT molecular complexity index is 1200. The van der Waals surface area contributed by atoms with Gasteiger partial charge in [-0.1, -0.05) is 54.6 Å². The molecule has 0 aromatic heterocycles. The molecule has 0 radical (unpaired) electrons. The molecule has 2 aromatic rings. The van der Waals surface area contributed by atoms with Crippen LogP contribution in [0.3, 0.4) is 0 Å². The number of phenols is 1. The lowest BCUT2D eigenvalue weighted by Crippen LogP contribution is -2.55. The number of aryl methyl sites for hydroxylation is 1. The van der Waals surface area contributed by atoms with Crippen LogP contribution in [0.1, 0.15) is 30.0 Å². The Hall–Kier alpha value is -3.66. The van der Waals surface area contributed by atoms with E-state index in [2.05, 4.69) is 30.3 Å². The third-order valence-electron chi connectivity index (χ3n) is 6.40. The topological polar surface area (TPSA) is 40.5 Å². The summed E-state index contributed by atoms with van der Waals surface area (Å²) < 4.78 is 13.4. The molecular formula is C28H24FNO2. The second kappa shape index (κ2) is 8.46. The summed E-state index contributed by atoms with van der Waals surface area (Å²) in [5, 5.41) is 9.69. The summed E-state index contributed by atoms with van der Waals surface area (Å²) in [6.07, 6.45) is 2.59. The van der Waals surface area contributed by atoms with E-state index in [1.165, 1.54) is 28.8 Å². The zero-order valence-electron chi connectivity index (χ0n) is 17.6. The number of hydrogen-bond donors (Lipinski definition) is 1. The quantitative estimate of drug-likeness (QED) is 0.365. The van der Waals surface area contributed by atoms with Crippen LogP contribution >= 0.6 is 0 Å². The van der Waals surface area contributed by atoms with Gasteiger partial charge in [0.05, 0.1) is 12.0 Å². The Balaban J connectivity index is 1.34. The van der Waals surface area contributed by atoms with Crippen LogP contribution in [0.4, 0.5) is 10.1 Å².